The second-order valence-corrected chi connectivity index (χ2v) is 9.20. The number of carbonyl (C=O) groups excluding carboxylic acids is 1. The van der Waals surface area contributed by atoms with Crippen molar-refractivity contribution in [2.45, 2.75) is 62.3 Å². The van der Waals surface area contributed by atoms with Crippen LogP contribution in [0.2, 0.25) is 0 Å². The number of piperidine rings is 1. The Hall–Kier alpha value is -2.30. The number of amides is 1. The summed E-state index contributed by atoms with van der Waals surface area (Å²) in [6.45, 7) is 1.45. The molecule has 1 amide bonds. The molecule has 2 aromatic rings. The summed E-state index contributed by atoms with van der Waals surface area (Å²) in [5.41, 5.74) is -2.91. The highest BCUT2D eigenvalue weighted by Gasteiger charge is 2.56. The molecule has 11 heteroatoms. The van der Waals surface area contributed by atoms with Crippen molar-refractivity contribution in [2.75, 3.05) is 7.05 Å². The lowest BCUT2D eigenvalue weighted by Gasteiger charge is -2.43. The molecule has 4 nitrogen and oxygen atoms in total. The number of alkyl halides is 6. The average molecular weight is 537 g/mol. The van der Waals surface area contributed by atoms with Gasteiger partial charge < -0.3 is 15.4 Å². The van der Waals surface area contributed by atoms with Crippen LogP contribution < -0.4 is 10.6 Å². The number of benzene rings is 2. The van der Waals surface area contributed by atoms with Gasteiger partial charge in [0.25, 0.3) is 0 Å². The lowest BCUT2D eigenvalue weighted by Crippen LogP contribution is -2.54. The fraction of sp³-hybridized carbons (Fsp3) is 0.480. The third-order valence-corrected chi connectivity index (χ3v) is 7.08. The fourth-order valence-corrected chi connectivity index (χ4v) is 5.36. The predicted octanol–water partition coefficient (Wildman–Crippen LogP) is 6.01. The highest BCUT2D eigenvalue weighted by molar-refractivity contribution is 5.85. The predicted molar refractivity (Wildman–Crippen MR) is 123 cm³/mol. The van der Waals surface area contributed by atoms with Crippen LogP contribution in [-0.4, -0.2) is 25.1 Å². The summed E-state index contributed by atoms with van der Waals surface area (Å²) < 4.78 is 86.4. The minimum Gasteiger partial charge on any atom is -0.368 e. The topological polar surface area (TPSA) is 50.4 Å². The van der Waals surface area contributed by atoms with Crippen LogP contribution >= 0.6 is 12.4 Å². The minimum atomic E-state index is -4.94. The largest absolute Gasteiger partial charge is 0.416 e. The van der Waals surface area contributed by atoms with Gasteiger partial charge in [-0.05, 0) is 55.5 Å². The van der Waals surface area contributed by atoms with Crippen LogP contribution in [0, 0.1) is 5.92 Å². The quantitative estimate of drug-likeness (QED) is 0.461. The Morgan fingerprint density at radius 1 is 1.03 bits per heavy atom. The Morgan fingerprint density at radius 3 is 2.14 bits per heavy atom. The second-order valence-electron chi connectivity index (χ2n) is 9.20. The third-order valence-electron chi connectivity index (χ3n) is 7.08. The monoisotopic (exact) mass is 536 g/mol. The first-order valence-electron chi connectivity index (χ1n) is 11.3. The molecule has 2 fully saturated rings. The van der Waals surface area contributed by atoms with E-state index >= 15 is 0 Å². The molecular formula is C25H27ClF6N2O2. The van der Waals surface area contributed by atoms with E-state index in [1.54, 1.807) is 7.05 Å². The van der Waals surface area contributed by atoms with E-state index in [1.807, 2.05) is 30.3 Å². The lowest BCUT2D eigenvalue weighted by atomic mass is 9.79. The fourth-order valence-electron chi connectivity index (χ4n) is 5.36. The number of hydrogen-bond donors (Lipinski definition) is 2. The van der Waals surface area contributed by atoms with E-state index in [2.05, 4.69) is 10.6 Å². The number of fused-ring (bicyclic) bond motifs is 2. The zero-order chi connectivity index (χ0) is 25.6. The molecule has 4 rings (SSSR count). The summed E-state index contributed by atoms with van der Waals surface area (Å²) in [7, 11) is 1.56. The number of carbonyl (C=O) groups is 1. The first-order valence-corrected chi connectivity index (χ1v) is 11.3. The van der Waals surface area contributed by atoms with E-state index in [1.165, 1.54) is 6.92 Å². The molecule has 1 unspecified atom stereocenters. The van der Waals surface area contributed by atoms with Crippen molar-refractivity contribution in [3.05, 3.63) is 70.8 Å². The van der Waals surface area contributed by atoms with Crippen LogP contribution in [0.5, 0.6) is 0 Å². The molecule has 36 heavy (non-hydrogen) atoms. The smallest absolute Gasteiger partial charge is 0.368 e. The van der Waals surface area contributed by atoms with Gasteiger partial charge in [0.15, 0.2) is 0 Å². The van der Waals surface area contributed by atoms with Crippen molar-refractivity contribution >= 4 is 18.3 Å². The normalized spacial score (nSPS) is 26.7. The van der Waals surface area contributed by atoms with E-state index in [0.717, 1.165) is 5.56 Å². The summed E-state index contributed by atoms with van der Waals surface area (Å²) in [6.07, 6.45) is -10.0. The molecule has 0 aliphatic carbocycles. The molecule has 2 bridgehead atoms. The highest BCUT2D eigenvalue weighted by atomic mass is 35.5. The van der Waals surface area contributed by atoms with E-state index < -0.39 is 41.2 Å². The SMILES string of the molecule is CNC(=O)[C@H]1C[C@@]2(c3ccccc3)N[C@@H]1CC[C@@H]2OC(C)c1cc(C(F)(F)F)cc(C(F)(F)F)c1.Cl. The highest BCUT2D eigenvalue weighted by Crippen LogP contribution is 2.49. The van der Waals surface area contributed by atoms with Crippen molar-refractivity contribution in [2.24, 2.45) is 5.92 Å². The summed E-state index contributed by atoms with van der Waals surface area (Å²) >= 11 is 0. The van der Waals surface area contributed by atoms with Crippen molar-refractivity contribution in [1.29, 1.82) is 0 Å². The Kier molecular flexibility index (Phi) is 8.03. The van der Waals surface area contributed by atoms with Gasteiger partial charge >= 0.3 is 12.4 Å². The molecule has 2 heterocycles. The van der Waals surface area contributed by atoms with Gasteiger partial charge in [-0.1, -0.05) is 30.3 Å². The first kappa shape index (κ1) is 28.3. The molecule has 198 valence electrons. The molecule has 2 aliphatic heterocycles. The van der Waals surface area contributed by atoms with Crippen LogP contribution in [0.15, 0.2) is 48.5 Å². The first-order chi connectivity index (χ1) is 16.3. The van der Waals surface area contributed by atoms with E-state index in [4.69, 9.17) is 4.74 Å². The summed E-state index contributed by atoms with van der Waals surface area (Å²) in [5, 5.41) is 6.20. The van der Waals surface area contributed by atoms with Gasteiger partial charge in [0.1, 0.15) is 0 Å². The summed E-state index contributed by atoms with van der Waals surface area (Å²) in [4.78, 5) is 12.5. The minimum absolute atomic E-state index is 0. The molecule has 5 atom stereocenters. The third kappa shape index (κ3) is 5.35. The molecule has 0 radical (unpaired) electrons. The molecule has 0 aromatic heterocycles. The van der Waals surface area contributed by atoms with Crippen LogP contribution in [0.25, 0.3) is 0 Å². The maximum absolute atomic E-state index is 13.4. The number of ether oxygens (including phenoxy) is 1. The van der Waals surface area contributed by atoms with Gasteiger partial charge in [-0.3, -0.25) is 4.79 Å². The van der Waals surface area contributed by atoms with Crippen molar-refractivity contribution < 1.29 is 35.9 Å². The summed E-state index contributed by atoms with van der Waals surface area (Å²) in [6, 6.07) is 10.7. The number of nitrogens with one attached hydrogen (secondary N) is 2. The molecule has 0 saturated carbocycles. The molecule has 2 aromatic carbocycles. The van der Waals surface area contributed by atoms with Gasteiger partial charge in [0, 0.05) is 13.1 Å². The number of halogens is 7. The Bertz CT molecular complexity index is 1050. The van der Waals surface area contributed by atoms with Gasteiger partial charge in [0.2, 0.25) is 5.91 Å². The van der Waals surface area contributed by atoms with Gasteiger partial charge in [-0.15, -0.1) is 12.4 Å². The molecule has 0 spiro atoms. The van der Waals surface area contributed by atoms with Crippen LogP contribution in [-0.2, 0) is 27.4 Å². The van der Waals surface area contributed by atoms with Crippen LogP contribution in [0.1, 0.15) is 54.5 Å². The zero-order valence-corrected chi connectivity index (χ0v) is 20.4. The Morgan fingerprint density at radius 2 is 1.61 bits per heavy atom. The van der Waals surface area contributed by atoms with Crippen molar-refractivity contribution in [3.8, 4) is 0 Å². The Labute approximate surface area is 211 Å². The zero-order valence-electron chi connectivity index (χ0n) is 19.5. The number of rotatable bonds is 5. The van der Waals surface area contributed by atoms with E-state index in [-0.39, 0.29) is 41.9 Å². The molecule has 2 N–H and O–H groups in total. The van der Waals surface area contributed by atoms with Gasteiger partial charge in [0.05, 0.1) is 34.8 Å². The van der Waals surface area contributed by atoms with Crippen molar-refractivity contribution in [3.63, 3.8) is 0 Å². The number of hydrogen-bond acceptors (Lipinski definition) is 3. The van der Waals surface area contributed by atoms with Crippen LogP contribution in [0.4, 0.5) is 26.3 Å². The average Bonchev–Trinajstić information content (AvgIpc) is 3.14. The van der Waals surface area contributed by atoms with Gasteiger partial charge in [-0.2, -0.15) is 26.3 Å². The van der Waals surface area contributed by atoms with Gasteiger partial charge in [-0.25, -0.2) is 0 Å². The Balaban J connectivity index is 0.00000361. The second kappa shape index (κ2) is 10.2. The maximum Gasteiger partial charge on any atom is 0.416 e. The molecule has 2 aliphatic rings. The van der Waals surface area contributed by atoms with Crippen molar-refractivity contribution in [1.82, 2.24) is 10.6 Å². The van der Waals surface area contributed by atoms with E-state index in [0.29, 0.717) is 31.4 Å². The maximum atomic E-state index is 13.4. The standard InChI is InChI=1S/C25H26F6N2O2.ClH/c1-14(15-10-17(24(26,27)28)12-18(11-15)25(29,30)31)35-21-9-8-20-19(22(34)32-2)13-23(21,33-20)16-6-4-3-5-7-16;/h3-7,10-12,14,19-21,33H,8-9,13H2,1-2H3,(H,32,34);1H/t14?,19-,20+,21-,23-;/m0./s1. The van der Waals surface area contributed by atoms with E-state index in [9.17, 15) is 31.1 Å². The molecule has 2 saturated heterocycles. The van der Waals surface area contributed by atoms with Crippen LogP contribution in [0.3, 0.4) is 0 Å². The summed E-state index contributed by atoms with van der Waals surface area (Å²) in [5.74, 6) is -0.462. The molecular weight excluding hydrogens is 510 g/mol. The lowest BCUT2D eigenvalue weighted by molar-refractivity contribution is -0.143.